The van der Waals surface area contributed by atoms with Gasteiger partial charge in [-0.3, -0.25) is 5.41 Å². The van der Waals surface area contributed by atoms with E-state index in [4.69, 9.17) is 15.9 Å². The summed E-state index contributed by atoms with van der Waals surface area (Å²) in [5.41, 5.74) is 5.89. The van der Waals surface area contributed by atoms with Gasteiger partial charge in [-0.15, -0.1) is 0 Å². The number of hydrogen-bond acceptors (Lipinski definition) is 3. The van der Waals surface area contributed by atoms with Crippen LogP contribution in [0.1, 0.15) is 19.8 Å². The molecule has 0 radical (unpaired) electrons. The molecule has 2 amide bonds. The Labute approximate surface area is 124 Å². The van der Waals surface area contributed by atoms with Crippen LogP contribution in [0, 0.1) is 11.3 Å². The van der Waals surface area contributed by atoms with E-state index in [1.807, 2.05) is 17.0 Å². The first kappa shape index (κ1) is 15.2. The third-order valence-electron chi connectivity index (χ3n) is 3.46. The Hall–Kier alpha value is -2.24. The van der Waals surface area contributed by atoms with E-state index in [2.05, 4.69) is 12.2 Å². The van der Waals surface area contributed by atoms with Gasteiger partial charge in [-0.25, -0.2) is 4.79 Å². The molecular formula is C15H22N4O2. The Morgan fingerprint density at radius 1 is 1.52 bits per heavy atom. The molecule has 0 aliphatic carbocycles. The van der Waals surface area contributed by atoms with E-state index in [1.165, 1.54) is 6.42 Å². The molecule has 1 fully saturated rings. The van der Waals surface area contributed by atoms with Crippen molar-refractivity contribution in [1.82, 2.24) is 4.90 Å². The lowest BCUT2D eigenvalue weighted by atomic mass is 10.0. The molecule has 1 atom stereocenters. The molecule has 6 nitrogen and oxygen atoms in total. The summed E-state index contributed by atoms with van der Waals surface area (Å²) in [6.07, 6.45) is 2.21. The molecule has 1 aliphatic rings. The molecule has 0 bridgehead atoms. The Kier molecular flexibility index (Phi) is 5.03. The zero-order valence-electron chi connectivity index (χ0n) is 12.3. The molecule has 1 aromatic carbocycles. The van der Waals surface area contributed by atoms with Crippen molar-refractivity contribution in [2.24, 2.45) is 11.7 Å². The van der Waals surface area contributed by atoms with Gasteiger partial charge in [0, 0.05) is 13.1 Å². The summed E-state index contributed by atoms with van der Waals surface area (Å²) < 4.78 is 5.43. The summed E-state index contributed by atoms with van der Waals surface area (Å²) in [5, 5.41) is 10.1. The molecule has 4 N–H and O–H groups in total. The fourth-order valence-corrected chi connectivity index (χ4v) is 2.42. The molecule has 1 saturated heterocycles. The lowest BCUT2D eigenvalue weighted by Gasteiger charge is -2.31. The largest absolute Gasteiger partial charge is 0.484 e. The summed E-state index contributed by atoms with van der Waals surface area (Å²) in [6.45, 7) is 3.73. The molecule has 0 aromatic heterocycles. The van der Waals surface area contributed by atoms with Crippen LogP contribution in [0.2, 0.25) is 0 Å². The number of carbonyl (C=O) groups is 1. The van der Waals surface area contributed by atoms with Gasteiger partial charge in [0.05, 0.1) is 5.69 Å². The fraction of sp³-hybridized carbons (Fsp3) is 0.467. The van der Waals surface area contributed by atoms with Gasteiger partial charge in [0.2, 0.25) is 0 Å². The zero-order chi connectivity index (χ0) is 15.2. The van der Waals surface area contributed by atoms with Gasteiger partial charge < -0.3 is 20.7 Å². The number of urea groups is 1. The third-order valence-corrected chi connectivity index (χ3v) is 3.46. The Morgan fingerprint density at radius 2 is 2.29 bits per heavy atom. The van der Waals surface area contributed by atoms with Crippen molar-refractivity contribution in [2.45, 2.75) is 19.8 Å². The van der Waals surface area contributed by atoms with Crippen LogP contribution >= 0.6 is 0 Å². The van der Waals surface area contributed by atoms with E-state index in [9.17, 15) is 4.79 Å². The van der Waals surface area contributed by atoms with Gasteiger partial charge >= 0.3 is 6.03 Å². The second kappa shape index (κ2) is 6.97. The highest BCUT2D eigenvalue weighted by molar-refractivity contribution is 5.91. The van der Waals surface area contributed by atoms with Gasteiger partial charge in [0.15, 0.2) is 0 Å². The molecule has 0 spiro atoms. The van der Waals surface area contributed by atoms with E-state index >= 15 is 0 Å². The predicted molar refractivity (Wildman–Crippen MR) is 82.8 cm³/mol. The number of carbonyl (C=O) groups excluding carboxylic acids is 1. The minimum absolute atomic E-state index is 0.00757. The number of hydrogen-bond donors (Lipinski definition) is 3. The van der Waals surface area contributed by atoms with Crippen molar-refractivity contribution < 1.29 is 9.53 Å². The van der Waals surface area contributed by atoms with Crippen molar-refractivity contribution >= 4 is 17.6 Å². The van der Waals surface area contributed by atoms with Crippen molar-refractivity contribution in [3.8, 4) is 5.75 Å². The van der Waals surface area contributed by atoms with Gasteiger partial charge in [-0.2, -0.15) is 0 Å². The summed E-state index contributed by atoms with van der Waals surface area (Å²) >= 11 is 0. The Bertz CT molecular complexity index is 518. The van der Waals surface area contributed by atoms with Crippen molar-refractivity contribution in [2.75, 3.05) is 25.0 Å². The van der Waals surface area contributed by atoms with E-state index in [0.717, 1.165) is 19.5 Å². The van der Waals surface area contributed by atoms with E-state index in [-0.39, 0.29) is 18.5 Å². The molecule has 1 aliphatic heterocycles. The highest BCUT2D eigenvalue weighted by Gasteiger charge is 2.21. The number of piperidine rings is 1. The topological polar surface area (TPSA) is 91.4 Å². The van der Waals surface area contributed by atoms with Gasteiger partial charge in [0.1, 0.15) is 18.2 Å². The Balaban J connectivity index is 2.01. The summed E-state index contributed by atoms with van der Waals surface area (Å²) in [4.78, 5) is 14.1. The second-order valence-corrected chi connectivity index (χ2v) is 5.43. The van der Waals surface area contributed by atoms with Gasteiger partial charge in [-0.05, 0) is 30.9 Å². The SMILES string of the molecule is CC1CCCN(C(=O)Nc2ccccc2OCC(=N)N)C1. The number of ether oxygens (including phenoxy) is 1. The van der Waals surface area contributed by atoms with Crippen LogP contribution in [-0.4, -0.2) is 36.5 Å². The molecule has 2 rings (SSSR count). The number of rotatable bonds is 4. The molecule has 21 heavy (non-hydrogen) atoms. The van der Waals surface area contributed by atoms with E-state index in [0.29, 0.717) is 17.4 Å². The number of benzene rings is 1. The summed E-state index contributed by atoms with van der Waals surface area (Å²) in [6, 6.07) is 7.06. The zero-order valence-corrected chi connectivity index (χ0v) is 12.3. The monoisotopic (exact) mass is 290 g/mol. The molecular weight excluding hydrogens is 268 g/mol. The van der Waals surface area contributed by atoms with E-state index < -0.39 is 0 Å². The molecule has 1 aromatic rings. The lowest BCUT2D eigenvalue weighted by Crippen LogP contribution is -2.41. The van der Waals surface area contributed by atoms with Crippen LogP contribution < -0.4 is 15.8 Å². The first-order valence-corrected chi connectivity index (χ1v) is 7.17. The van der Waals surface area contributed by atoms with Crippen molar-refractivity contribution in [3.05, 3.63) is 24.3 Å². The fourth-order valence-electron chi connectivity index (χ4n) is 2.42. The van der Waals surface area contributed by atoms with Crippen LogP contribution in [0.3, 0.4) is 0 Å². The number of anilines is 1. The van der Waals surface area contributed by atoms with Crippen LogP contribution in [0.5, 0.6) is 5.75 Å². The maximum Gasteiger partial charge on any atom is 0.321 e. The average Bonchev–Trinajstić information content (AvgIpc) is 2.46. The molecule has 114 valence electrons. The second-order valence-electron chi connectivity index (χ2n) is 5.43. The summed E-state index contributed by atoms with van der Waals surface area (Å²) in [7, 11) is 0. The molecule has 6 heteroatoms. The number of para-hydroxylation sites is 2. The number of likely N-dealkylation sites (tertiary alicyclic amines) is 1. The van der Waals surface area contributed by atoms with Crippen LogP contribution in [0.15, 0.2) is 24.3 Å². The van der Waals surface area contributed by atoms with Crippen molar-refractivity contribution in [1.29, 1.82) is 5.41 Å². The summed E-state index contributed by atoms with van der Waals surface area (Å²) in [5.74, 6) is 1.00. The first-order chi connectivity index (χ1) is 10.1. The number of amidine groups is 1. The van der Waals surface area contributed by atoms with Crippen LogP contribution in [0.25, 0.3) is 0 Å². The normalized spacial score (nSPS) is 18.1. The maximum atomic E-state index is 12.3. The maximum absolute atomic E-state index is 12.3. The first-order valence-electron chi connectivity index (χ1n) is 7.17. The molecule has 1 heterocycles. The Morgan fingerprint density at radius 3 is 3.00 bits per heavy atom. The average molecular weight is 290 g/mol. The van der Waals surface area contributed by atoms with Crippen LogP contribution in [0.4, 0.5) is 10.5 Å². The van der Waals surface area contributed by atoms with Gasteiger partial charge in [-0.1, -0.05) is 19.1 Å². The van der Waals surface area contributed by atoms with E-state index in [1.54, 1.807) is 12.1 Å². The minimum Gasteiger partial charge on any atom is -0.484 e. The van der Waals surface area contributed by atoms with Crippen molar-refractivity contribution in [3.63, 3.8) is 0 Å². The quantitative estimate of drug-likeness (QED) is 0.586. The van der Waals surface area contributed by atoms with Crippen LogP contribution in [-0.2, 0) is 0 Å². The standard InChI is InChI=1S/C15H22N4O2/c1-11-5-4-8-19(9-11)15(20)18-12-6-2-3-7-13(12)21-10-14(16)17/h2-3,6-7,11H,4-5,8-10H2,1H3,(H3,16,17)(H,18,20). The smallest absolute Gasteiger partial charge is 0.321 e. The van der Waals surface area contributed by atoms with Gasteiger partial charge in [0.25, 0.3) is 0 Å². The number of nitrogens with two attached hydrogens (primary N) is 1. The number of nitrogens with one attached hydrogen (secondary N) is 2. The number of nitrogens with zero attached hydrogens (tertiary/aromatic N) is 1. The third kappa shape index (κ3) is 4.37. The number of amides is 2. The molecule has 0 saturated carbocycles. The lowest BCUT2D eigenvalue weighted by molar-refractivity contribution is 0.182. The molecule has 1 unspecified atom stereocenters. The predicted octanol–water partition coefficient (Wildman–Crippen LogP) is 2.27. The highest BCUT2D eigenvalue weighted by atomic mass is 16.5. The highest BCUT2D eigenvalue weighted by Crippen LogP contribution is 2.25. The minimum atomic E-state index is -0.111.